The number of carboxylic acid groups (broad SMARTS) is 1. The van der Waals surface area contributed by atoms with Gasteiger partial charge in [0.25, 0.3) is 0 Å². The Morgan fingerprint density at radius 2 is 2.13 bits per heavy atom. The second kappa shape index (κ2) is 8.01. The Labute approximate surface area is 139 Å². The highest BCUT2D eigenvalue weighted by Gasteiger charge is 2.10. The molecule has 0 aromatic carbocycles. The van der Waals surface area contributed by atoms with Crippen molar-refractivity contribution >= 4 is 23.5 Å². The van der Waals surface area contributed by atoms with E-state index >= 15 is 0 Å². The standard InChI is InChI=1S/C16H21N3O3S/c1-4-8-19(3)14-9-11(5-2)17-16(18-14)23-10-12-6-7-13(22-12)15(20)21/h6-7,9H,4-5,8,10H2,1-3H3,(H,20,21)/p-1. The highest BCUT2D eigenvalue weighted by atomic mass is 32.2. The predicted octanol–water partition coefficient (Wildman–Crippen LogP) is 2.13. The van der Waals surface area contributed by atoms with Crippen molar-refractivity contribution in [2.24, 2.45) is 0 Å². The molecule has 2 aromatic heterocycles. The molecule has 6 nitrogen and oxygen atoms in total. The maximum Gasteiger partial charge on any atom is 0.190 e. The summed E-state index contributed by atoms with van der Waals surface area (Å²) >= 11 is 1.42. The van der Waals surface area contributed by atoms with Crippen molar-refractivity contribution in [3.8, 4) is 0 Å². The number of anilines is 1. The van der Waals surface area contributed by atoms with E-state index in [1.54, 1.807) is 6.07 Å². The van der Waals surface area contributed by atoms with Gasteiger partial charge in [-0.2, -0.15) is 0 Å². The number of hydrogen-bond acceptors (Lipinski definition) is 7. The number of nitrogens with zero attached hydrogens (tertiary/aromatic N) is 3. The van der Waals surface area contributed by atoms with Gasteiger partial charge in [-0.1, -0.05) is 25.6 Å². The summed E-state index contributed by atoms with van der Waals surface area (Å²) in [4.78, 5) is 21.9. The van der Waals surface area contributed by atoms with E-state index < -0.39 is 5.97 Å². The number of aryl methyl sites for hydroxylation is 1. The highest BCUT2D eigenvalue weighted by Crippen LogP contribution is 2.23. The molecule has 0 N–H and O–H groups in total. The van der Waals surface area contributed by atoms with Crippen molar-refractivity contribution in [2.45, 2.75) is 37.6 Å². The van der Waals surface area contributed by atoms with Gasteiger partial charge >= 0.3 is 0 Å². The van der Waals surface area contributed by atoms with Gasteiger partial charge in [0.15, 0.2) is 5.16 Å². The van der Waals surface area contributed by atoms with Gasteiger partial charge in [-0.3, -0.25) is 0 Å². The second-order valence-corrected chi connectivity index (χ2v) is 6.06. The minimum Gasteiger partial charge on any atom is -0.542 e. The summed E-state index contributed by atoms with van der Waals surface area (Å²) in [5.74, 6) is 0.456. The molecule has 2 heterocycles. The Morgan fingerprint density at radius 1 is 1.35 bits per heavy atom. The third-order valence-electron chi connectivity index (χ3n) is 3.26. The number of aromatic carboxylic acids is 1. The lowest BCUT2D eigenvalue weighted by Gasteiger charge is -2.18. The number of furan rings is 1. The van der Waals surface area contributed by atoms with E-state index in [2.05, 4.69) is 28.7 Å². The summed E-state index contributed by atoms with van der Waals surface area (Å²) in [6.45, 7) is 5.11. The minimum absolute atomic E-state index is 0.160. The van der Waals surface area contributed by atoms with E-state index in [0.717, 1.165) is 30.9 Å². The fourth-order valence-electron chi connectivity index (χ4n) is 2.05. The van der Waals surface area contributed by atoms with Crippen LogP contribution in [-0.4, -0.2) is 29.5 Å². The summed E-state index contributed by atoms with van der Waals surface area (Å²) in [5, 5.41) is 11.4. The molecule has 0 aliphatic carbocycles. The van der Waals surface area contributed by atoms with Gasteiger partial charge in [-0.05, 0) is 25.0 Å². The molecule has 0 saturated heterocycles. The first kappa shape index (κ1) is 17.3. The van der Waals surface area contributed by atoms with Crippen molar-refractivity contribution in [2.75, 3.05) is 18.5 Å². The molecule has 124 valence electrons. The Kier molecular flexibility index (Phi) is 6.04. The van der Waals surface area contributed by atoms with Crippen LogP contribution in [0.3, 0.4) is 0 Å². The lowest BCUT2D eigenvalue weighted by molar-refractivity contribution is -0.257. The van der Waals surface area contributed by atoms with Gasteiger partial charge in [0.2, 0.25) is 0 Å². The fourth-order valence-corrected chi connectivity index (χ4v) is 2.82. The number of thioether (sulfide) groups is 1. The molecule has 7 heteroatoms. The molecule has 0 saturated carbocycles. The second-order valence-electron chi connectivity index (χ2n) is 5.12. The number of carboxylic acids is 1. The molecule has 0 bridgehead atoms. The normalized spacial score (nSPS) is 10.7. The molecule has 0 amide bonds. The molecule has 23 heavy (non-hydrogen) atoms. The van der Waals surface area contributed by atoms with Crippen LogP contribution in [-0.2, 0) is 12.2 Å². The van der Waals surface area contributed by atoms with Crippen molar-refractivity contribution in [3.05, 3.63) is 35.4 Å². The van der Waals surface area contributed by atoms with Gasteiger partial charge in [0, 0.05) is 25.4 Å². The first-order chi connectivity index (χ1) is 11.0. The van der Waals surface area contributed by atoms with Crippen LogP contribution in [0, 0.1) is 0 Å². The Hall–Kier alpha value is -2.02. The van der Waals surface area contributed by atoms with Crippen LogP contribution in [0.5, 0.6) is 0 Å². The van der Waals surface area contributed by atoms with Crippen molar-refractivity contribution in [1.29, 1.82) is 0 Å². The SMILES string of the molecule is CCCN(C)c1cc(CC)nc(SCc2ccc(C(=O)[O-])o2)n1. The number of aromatic nitrogens is 2. The van der Waals surface area contributed by atoms with Crippen LogP contribution >= 0.6 is 11.8 Å². The Morgan fingerprint density at radius 3 is 2.74 bits per heavy atom. The monoisotopic (exact) mass is 334 g/mol. The number of rotatable bonds is 8. The quantitative estimate of drug-likeness (QED) is 0.540. The van der Waals surface area contributed by atoms with E-state index in [1.807, 2.05) is 13.1 Å². The van der Waals surface area contributed by atoms with E-state index in [-0.39, 0.29) is 5.76 Å². The van der Waals surface area contributed by atoms with Gasteiger partial charge < -0.3 is 19.2 Å². The first-order valence-electron chi connectivity index (χ1n) is 7.55. The van der Waals surface area contributed by atoms with Crippen LogP contribution in [0.15, 0.2) is 27.8 Å². The predicted molar refractivity (Wildman–Crippen MR) is 87.6 cm³/mol. The Balaban J connectivity index is 2.11. The molecule has 0 atom stereocenters. The largest absolute Gasteiger partial charge is 0.542 e. The maximum absolute atomic E-state index is 10.7. The lowest BCUT2D eigenvalue weighted by atomic mass is 10.3. The average Bonchev–Trinajstić information content (AvgIpc) is 3.02. The minimum atomic E-state index is -1.31. The third kappa shape index (κ3) is 4.72. The summed E-state index contributed by atoms with van der Waals surface area (Å²) in [7, 11) is 2.01. The number of carbonyl (C=O) groups is 1. The molecule has 2 aromatic rings. The number of carbonyl (C=O) groups excluding carboxylic acids is 1. The highest BCUT2D eigenvalue weighted by molar-refractivity contribution is 7.98. The summed E-state index contributed by atoms with van der Waals surface area (Å²) in [6.07, 6.45) is 1.88. The summed E-state index contributed by atoms with van der Waals surface area (Å²) in [6, 6.07) is 5.03. The van der Waals surface area contributed by atoms with Gasteiger partial charge in [-0.25, -0.2) is 9.97 Å². The topological polar surface area (TPSA) is 82.3 Å². The van der Waals surface area contributed by atoms with Gasteiger partial charge in [0.1, 0.15) is 23.3 Å². The molecule has 0 aliphatic rings. The third-order valence-corrected chi connectivity index (χ3v) is 4.13. The van der Waals surface area contributed by atoms with Crippen LogP contribution in [0.1, 0.15) is 42.3 Å². The summed E-state index contributed by atoms with van der Waals surface area (Å²) < 4.78 is 5.19. The average molecular weight is 334 g/mol. The van der Waals surface area contributed by atoms with Gasteiger partial charge in [-0.15, -0.1) is 0 Å². The van der Waals surface area contributed by atoms with E-state index in [0.29, 0.717) is 16.7 Å². The van der Waals surface area contributed by atoms with Crippen LogP contribution in [0.25, 0.3) is 0 Å². The maximum atomic E-state index is 10.7. The van der Waals surface area contributed by atoms with Crippen molar-refractivity contribution < 1.29 is 14.3 Å². The van der Waals surface area contributed by atoms with E-state index in [4.69, 9.17) is 4.42 Å². The molecule has 2 rings (SSSR count). The van der Waals surface area contributed by atoms with Crippen LogP contribution < -0.4 is 10.0 Å². The van der Waals surface area contributed by atoms with Crippen molar-refractivity contribution in [3.63, 3.8) is 0 Å². The first-order valence-corrected chi connectivity index (χ1v) is 8.54. The zero-order valence-corrected chi connectivity index (χ0v) is 14.4. The molecular weight excluding hydrogens is 314 g/mol. The zero-order valence-electron chi connectivity index (χ0n) is 13.5. The van der Waals surface area contributed by atoms with Crippen LogP contribution in [0.2, 0.25) is 0 Å². The Bertz CT molecular complexity index is 672. The smallest absolute Gasteiger partial charge is 0.190 e. The molecule has 0 aliphatic heterocycles. The zero-order chi connectivity index (χ0) is 16.8. The molecule has 0 fully saturated rings. The van der Waals surface area contributed by atoms with Crippen molar-refractivity contribution in [1.82, 2.24) is 9.97 Å². The molecular formula is C16H20N3O3S-. The summed E-state index contributed by atoms with van der Waals surface area (Å²) in [5.41, 5.74) is 0.982. The van der Waals surface area contributed by atoms with E-state index in [9.17, 15) is 9.90 Å². The molecule has 0 unspecified atom stereocenters. The lowest BCUT2D eigenvalue weighted by Crippen LogP contribution is -2.21. The molecule has 0 radical (unpaired) electrons. The van der Waals surface area contributed by atoms with Crippen LogP contribution in [0.4, 0.5) is 5.82 Å². The molecule has 0 spiro atoms. The van der Waals surface area contributed by atoms with Gasteiger partial charge in [0.05, 0.1) is 5.75 Å². The number of hydrogen-bond donors (Lipinski definition) is 0. The fraction of sp³-hybridized carbons (Fsp3) is 0.438. The van der Waals surface area contributed by atoms with E-state index in [1.165, 1.54) is 17.8 Å².